The average Bonchev–Trinajstić information content (AvgIpc) is 3.06. The van der Waals surface area contributed by atoms with Crippen molar-refractivity contribution in [2.75, 3.05) is 0 Å². The zero-order chi connectivity index (χ0) is 22.8. The normalized spacial score (nSPS) is 18.2. The lowest BCUT2D eigenvalue weighted by atomic mass is 10.1. The zero-order valence-electron chi connectivity index (χ0n) is 17.4. The Balaban J connectivity index is 1.84. The summed E-state index contributed by atoms with van der Waals surface area (Å²) in [6.45, 7) is 7.56. The third-order valence-corrected chi connectivity index (χ3v) is 7.53. The number of carbonyl (C=O) groups excluding carboxylic acids is 1. The van der Waals surface area contributed by atoms with Crippen molar-refractivity contribution in [1.29, 1.82) is 0 Å². The van der Waals surface area contributed by atoms with Gasteiger partial charge < -0.3 is 9.50 Å². The van der Waals surface area contributed by atoms with Crippen LogP contribution in [-0.4, -0.2) is 31.0 Å². The summed E-state index contributed by atoms with van der Waals surface area (Å²) in [5, 5.41) is 11.3. The van der Waals surface area contributed by atoms with E-state index in [9.17, 15) is 13.2 Å². The van der Waals surface area contributed by atoms with Gasteiger partial charge in [-0.05, 0) is 49.6 Å². The molecule has 2 aromatic rings. The minimum Gasteiger partial charge on any atom is -0.378 e. The van der Waals surface area contributed by atoms with E-state index < -0.39 is 10.1 Å². The van der Waals surface area contributed by atoms with Crippen LogP contribution in [0.5, 0.6) is 5.75 Å². The SMILES string of the molecule is Cc1ccc(OS(=O)(=O)c2ccc(C)c(Cl)c2)c(C=NN=C2NC(=O)[C@@H](C(C)C)S2)c1. The number of halogens is 1. The predicted octanol–water partition coefficient (Wildman–Crippen LogP) is 4.30. The fourth-order valence-corrected chi connectivity index (χ4v) is 4.91. The lowest BCUT2D eigenvalue weighted by Gasteiger charge is -2.10. The number of hydrogen-bond acceptors (Lipinski definition) is 7. The van der Waals surface area contributed by atoms with E-state index in [4.69, 9.17) is 15.8 Å². The highest BCUT2D eigenvalue weighted by atomic mass is 35.5. The molecule has 0 saturated carbocycles. The van der Waals surface area contributed by atoms with Gasteiger partial charge in [0.2, 0.25) is 5.91 Å². The molecule has 0 bridgehead atoms. The molecule has 0 aliphatic carbocycles. The van der Waals surface area contributed by atoms with Crippen LogP contribution in [0.3, 0.4) is 0 Å². The van der Waals surface area contributed by atoms with Crippen LogP contribution in [0, 0.1) is 19.8 Å². The van der Waals surface area contributed by atoms with Crippen LogP contribution in [0.4, 0.5) is 0 Å². The molecular weight excluding hydrogens is 458 g/mol. The molecule has 1 heterocycles. The van der Waals surface area contributed by atoms with Crippen LogP contribution >= 0.6 is 23.4 Å². The molecule has 1 fully saturated rings. The molecule has 0 unspecified atom stereocenters. The standard InChI is InChI=1S/C21H22ClN3O4S2/c1-12(2)19-20(26)24-21(30-19)25-23-11-15-9-13(3)5-8-18(15)29-31(27,28)16-7-6-14(4)17(22)10-16/h5-12,19H,1-4H3,(H,24,25,26)/t19-/m1/s1. The number of amides is 1. The molecule has 7 nitrogen and oxygen atoms in total. The summed E-state index contributed by atoms with van der Waals surface area (Å²) < 4.78 is 30.8. The number of nitrogens with zero attached hydrogens (tertiary/aromatic N) is 2. The van der Waals surface area contributed by atoms with E-state index in [0.717, 1.165) is 11.1 Å². The quantitative estimate of drug-likeness (QED) is 0.378. The second-order valence-corrected chi connectivity index (χ2v) is 10.5. The second kappa shape index (κ2) is 9.42. The molecule has 0 radical (unpaired) electrons. The van der Waals surface area contributed by atoms with E-state index in [-0.39, 0.29) is 27.7 Å². The first-order valence-electron chi connectivity index (χ1n) is 9.46. The van der Waals surface area contributed by atoms with Gasteiger partial charge in [-0.3, -0.25) is 4.79 Å². The van der Waals surface area contributed by atoms with Crippen LogP contribution in [0.1, 0.15) is 30.5 Å². The highest BCUT2D eigenvalue weighted by Crippen LogP contribution is 2.27. The fraction of sp³-hybridized carbons (Fsp3) is 0.286. The number of nitrogens with one attached hydrogen (secondary N) is 1. The maximum Gasteiger partial charge on any atom is 0.339 e. The van der Waals surface area contributed by atoms with Gasteiger partial charge in [-0.2, -0.15) is 13.5 Å². The monoisotopic (exact) mass is 479 g/mol. The highest BCUT2D eigenvalue weighted by molar-refractivity contribution is 8.15. The molecule has 3 rings (SSSR count). The molecule has 1 N–H and O–H groups in total. The Morgan fingerprint density at radius 3 is 2.58 bits per heavy atom. The van der Waals surface area contributed by atoms with E-state index in [1.165, 1.54) is 30.1 Å². The van der Waals surface area contributed by atoms with Crippen molar-refractivity contribution < 1.29 is 17.4 Å². The minimum absolute atomic E-state index is 0.0448. The molecule has 2 aromatic carbocycles. The van der Waals surface area contributed by atoms with Gasteiger partial charge in [0.15, 0.2) is 10.9 Å². The molecule has 1 aliphatic rings. The summed E-state index contributed by atoms with van der Waals surface area (Å²) in [7, 11) is -4.10. The summed E-state index contributed by atoms with van der Waals surface area (Å²) in [5.41, 5.74) is 2.08. The summed E-state index contributed by atoms with van der Waals surface area (Å²) in [5.74, 6) is 0.171. The lowest BCUT2D eigenvalue weighted by molar-refractivity contribution is -0.119. The fourth-order valence-electron chi connectivity index (χ4n) is 2.75. The molecular formula is C21H22ClN3O4S2. The number of amidine groups is 1. The van der Waals surface area contributed by atoms with Gasteiger partial charge in [-0.15, -0.1) is 5.10 Å². The molecule has 1 aliphatic heterocycles. The topological polar surface area (TPSA) is 97.2 Å². The number of aryl methyl sites for hydroxylation is 2. The number of rotatable bonds is 6. The molecule has 31 heavy (non-hydrogen) atoms. The maximum absolute atomic E-state index is 12.7. The van der Waals surface area contributed by atoms with Gasteiger partial charge in [-0.25, -0.2) is 0 Å². The zero-order valence-corrected chi connectivity index (χ0v) is 19.8. The lowest BCUT2D eigenvalue weighted by Crippen LogP contribution is -2.27. The molecule has 0 spiro atoms. The second-order valence-electron chi connectivity index (χ2n) is 7.41. The summed E-state index contributed by atoms with van der Waals surface area (Å²) in [6, 6.07) is 9.42. The Kier molecular flexibility index (Phi) is 7.08. The largest absolute Gasteiger partial charge is 0.378 e. The smallest absolute Gasteiger partial charge is 0.339 e. The van der Waals surface area contributed by atoms with Gasteiger partial charge in [0.1, 0.15) is 4.90 Å². The average molecular weight is 480 g/mol. The van der Waals surface area contributed by atoms with Crippen molar-refractivity contribution in [2.45, 2.75) is 37.8 Å². The van der Waals surface area contributed by atoms with Gasteiger partial charge in [-0.1, -0.05) is 54.9 Å². The highest BCUT2D eigenvalue weighted by Gasteiger charge is 2.32. The Morgan fingerprint density at radius 2 is 1.94 bits per heavy atom. The third kappa shape index (κ3) is 5.66. The molecule has 1 atom stereocenters. The number of hydrogen-bond donors (Lipinski definition) is 1. The van der Waals surface area contributed by atoms with Crippen LogP contribution in [0.15, 0.2) is 51.5 Å². The molecule has 1 amide bonds. The molecule has 164 valence electrons. The van der Waals surface area contributed by atoms with Gasteiger partial charge in [0.25, 0.3) is 0 Å². The first-order valence-corrected chi connectivity index (χ1v) is 12.1. The molecule has 1 saturated heterocycles. The Hall–Kier alpha value is -2.36. The van der Waals surface area contributed by atoms with Crippen molar-refractivity contribution >= 4 is 50.8 Å². The van der Waals surface area contributed by atoms with E-state index in [1.54, 1.807) is 31.2 Å². The van der Waals surface area contributed by atoms with E-state index in [0.29, 0.717) is 15.8 Å². The first kappa shape index (κ1) is 23.3. The van der Waals surface area contributed by atoms with Crippen molar-refractivity contribution in [3.05, 3.63) is 58.1 Å². The number of thioether (sulfide) groups is 1. The van der Waals surface area contributed by atoms with E-state index in [1.807, 2.05) is 20.8 Å². The summed E-state index contributed by atoms with van der Waals surface area (Å²) in [4.78, 5) is 11.9. The van der Waals surface area contributed by atoms with Crippen molar-refractivity contribution in [3.8, 4) is 5.75 Å². The van der Waals surface area contributed by atoms with E-state index in [2.05, 4.69) is 15.5 Å². The van der Waals surface area contributed by atoms with Crippen LogP contribution in [-0.2, 0) is 14.9 Å². The first-order chi connectivity index (χ1) is 14.6. The molecule has 10 heteroatoms. The van der Waals surface area contributed by atoms with Crippen molar-refractivity contribution in [2.24, 2.45) is 16.1 Å². The third-order valence-electron chi connectivity index (χ3n) is 4.47. The maximum atomic E-state index is 12.7. The Labute approximate surface area is 191 Å². The van der Waals surface area contributed by atoms with Gasteiger partial charge >= 0.3 is 10.1 Å². The van der Waals surface area contributed by atoms with E-state index >= 15 is 0 Å². The summed E-state index contributed by atoms with van der Waals surface area (Å²) >= 11 is 7.37. The Morgan fingerprint density at radius 1 is 1.19 bits per heavy atom. The van der Waals surface area contributed by atoms with Crippen LogP contribution in [0.2, 0.25) is 5.02 Å². The van der Waals surface area contributed by atoms with Gasteiger partial charge in [0, 0.05) is 10.6 Å². The number of benzene rings is 2. The minimum atomic E-state index is -4.10. The van der Waals surface area contributed by atoms with Crippen LogP contribution < -0.4 is 9.50 Å². The summed E-state index contributed by atoms with van der Waals surface area (Å²) in [6.07, 6.45) is 1.39. The van der Waals surface area contributed by atoms with Gasteiger partial charge in [0.05, 0.1) is 11.5 Å². The van der Waals surface area contributed by atoms with Crippen LogP contribution in [0.25, 0.3) is 0 Å². The predicted molar refractivity (Wildman–Crippen MR) is 125 cm³/mol. The number of carbonyl (C=O) groups is 1. The molecule has 0 aromatic heterocycles. The van der Waals surface area contributed by atoms with Crippen molar-refractivity contribution in [3.63, 3.8) is 0 Å². The van der Waals surface area contributed by atoms with Crippen molar-refractivity contribution in [1.82, 2.24) is 5.32 Å². The Bertz CT molecular complexity index is 1180.